The SMILES string of the molecule is Cc1cc([N-]c2c(C)cccc2C)c([N-]c2c(C)cccc2C)cc1C.[Cl][Ti][Cl]. The van der Waals surface area contributed by atoms with Crippen molar-refractivity contribution in [1.29, 1.82) is 0 Å². The number of hydrogen-bond donors (Lipinski definition) is 0. The predicted octanol–water partition coefficient (Wildman–Crippen LogP) is 9.59. The van der Waals surface area contributed by atoms with Crippen LogP contribution in [-0.4, -0.2) is 0 Å². The molecule has 152 valence electrons. The van der Waals surface area contributed by atoms with E-state index in [9.17, 15) is 0 Å². The molecule has 0 aliphatic heterocycles. The van der Waals surface area contributed by atoms with E-state index in [1.54, 1.807) is 0 Å². The Bertz CT molecular complexity index is 868. The van der Waals surface area contributed by atoms with Crippen LogP contribution in [0.3, 0.4) is 0 Å². The Kier molecular flexibility index (Phi) is 9.11. The quantitative estimate of drug-likeness (QED) is 0.346. The van der Waals surface area contributed by atoms with Gasteiger partial charge in [-0.3, -0.25) is 0 Å². The van der Waals surface area contributed by atoms with E-state index < -0.39 is 17.0 Å². The Hall–Kier alpha value is -1.45. The standard InChI is InChI=1S/C24H26N2.2ClH.Ti/c1-15-9-7-10-16(2)23(15)25-21-13-19(5)20(6)14-22(21)26-24-17(3)11-8-12-18(24)4;;;/h7-14H,1-6H3;2*1H;/q-2;;;+2/p-2. The molecule has 0 bridgehead atoms. The van der Waals surface area contributed by atoms with Gasteiger partial charge >= 0.3 is 35.6 Å². The van der Waals surface area contributed by atoms with Gasteiger partial charge in [0.25, 0.3) is 0 Å². The molecule has 0 amide bonds. The summed E-state index contributed by atoms with van der Waals surface area (Å²) in [5.74, 6) is 0. The van der Waals surface area contributed by atoms with Gasteiger partial charge in [-0.15, -0.1) is 11.4 Å². The van der Waals surface area contributed by atoms with Crippen LogP contribution in [0.4, 0.5) is 22.7 Å². The molecule has 0 aliphatic carbocycles. The average Bonchev–Trinajstić information content (AvgIpc) is 2.65. The van der Waals surface area contributed by atoms with Crippen LogP contribution in [0.5, 0.6) is 0 Å². The molecule has 0 atom stereocenters. The van der Waals surface area contributed by atoms with E-state index in [4.69, 9.17) is 29.2 Å². The summed E-state index contributed by atoms with van der Waals surface area (Å²) in [5.41, 5.74) is 11.1. The summed E-state index contributed by atoms with van der Waals surface area (Å²) >= 11 is -0.556. The van der Waals surface area contributed by atoms with Crippen molar-refractivity contribution in [2.45, 2.75) is 41.5 Å². The second-order valence-corrected chi connectivity index (χ2v) is 9.78. The number of hydrogen-bond acceptors (Lipinski definition) is 0. The fraction of sp³-hybridized carbons (Fsp3) is 0.250. The maximum absolute atomic E-state index is 5.00. The molecular formula is C24H26Cl2N2Ti-2. The van der Waals surface area contributed by atoms with Crippen molar-refractivity contribution in [2.75, 3.05) is 0 Å². The van der Waals surface area contributed by atoms with Gasteiger partial charge in [-0.05, 0) is 52.7 Å². The summed E-state index contributed by atoms with van der Waals surface area (Å²) in [6, 6.07) is 16.9. The van der Waals surface area contributed by atoms with E-state index in [0.29, 0.717) is 0 Å². The van der Waals surface area contributed by atoms with Crippen LogP contribution < -0.4 is 0 Å². The molecule has 0 aliphatic rings. The summed E-state index contributed by atoms with van der Waals surface area (Å²) < 4.78 is 0. The van der Waals surface area contributed by atoms with Gasteiger partial charge in [-0.1, -0.05) is 70.8 Å². The van der Waals surface area contributed by atoms with E-state index in [-0.39, 0.29) is 0 Å². The molecular weight excluding hydrogens is 435 g/mol. The zero-order valence-electron chi connectivity index (χ0n) is 17.8. The Morgan fingerprint density at radius 1 is 0.552 bits per heavy atom. The molecule has 29 heavy (non-hydrogen) atoms. The van der Waals surface area contributed by atoms with Crippen LogP contribution in [0.1, 0.15) is 33.4 Å². The molecule has 0 fully saturated rings. The first kappa shape index (κ1) is 23.8. The van der Waals surface area contributed by atoms with Crippen molar-refractivity contribution in [3.8, 4) is 0 Å². The number of halogens is 2. The second-order valence-electron chi connectivity index (χ2n) is 7.20. The van der Waals surface area contributed by atoms with Gasteiger partial charge in [-0.25, -0.2) is 0 Å². The molecule has 2 nitrogen and oxygen atoms in total. The van der Waals surface area contributed by atoms with Crippen molar-refractivity contribution in [2.24, 2.45) is 0 Å². The Balaban J connectivity index is 0.000000941. The van der Waals surface area contributed by atoms with Gasteiger partial charge < -0.3 is 10.6 Å². The Morgan fingerprint density at radius 3 is 1.10 bits per heavy atom. The summed E-state index contributed by atoms with van der Waals surface area (Å²) in [4.78, 5) is 0. The molecule has 0 saturated heterocycles. The van der Waals surface area contributed by atoms with Crippen LogP contribution in [0.25, 0.3) is 10.6 Å². The van der Waals surface area contributed by atoms with E-state index in [1.165, 1.54) is 33.4 Å². The fourth-order valence-electron chi connectivity index (χ4n) is 3.17. The van der Waals surface area contributed by atoms with Crippen LogP contribution in [-0.2, 0) is 17.0 Å². The third kappa shape index (κ3) is 6.26. The van der Waals surface area contributed by atoms with Crippen LogP contribution in [0.15, 0.2) is 48.5 Å². The zero-order valence-corrected chi connectivity index (χ0v) is 20.8. The normalized spacial score (nSPS) is 10.1. The third-order valence-corrected chi connectivity index (χ3v) is 4.93. The van der Waals surface area contributed by atoms with Crippen molar-refractivity contribution < 1.29 is 17.0 Å². The van der Waals surface area contributed by atoms with Crippen LogP contribution >= 0.6 is 18.6 Å². The van der Waals surface area contributed by atoms with E-state index >= 15 is 0 Å². The van der Waals surface area contributed by atoms with Gasteiger partial charge in [0.15, 0.2) is 0 Å². The molecule has 0 unspecified atom stereocenters. The first-order chi connectivity index (χ1) is 13.8. The number of para-hydroxylation sites is 2. The van der Waals surface area contributed by atoms with Crippen molar-refractivity contribution in [3.63, 3.8) is 0 Å². The first-order valence-electron chi connectivity index (χ1n) is 9.42. The van der Waals surface area contributed by atoms with Crippen molar-refractivity contribution in [1.82, 2.24) is 0 Å². The molecule has 3 rings (SSSR count). The van der Waals surface area contributed by atoms with Gasteiger partial charge in [-0.2, -0.15) is 11.4 Å². The molecule has 0 heterocycles. The molecule has 0 N–H and O–H groups in total. The summed E-state index contributed by atoms with van der Waals surface area (Å²) in [6.07, 6.45) is 0. The van der Waals surface area contributed by atoms with Gasteiger partial charge in [0, 0.05) is 0 Å². The van der Waals surface area contributed by atoms with Gasteiger partial charge in [0.2, 0.25) is 0 Å². The maximum atomic E-state index is 5.00. The predicted molar refractivity (Wildman–Crippen MR) is 125 cm³/mol. The van der Waals surface area contributed by atoms with E-state index in [0.717, 1.165) is 22.7 Å². The average molecular weight is 461 g/mol. The number of nitrogens with zero attached hydrogens (tertiary/aromatic N) is 2. The van der Waals surface area contributed by atoms with Crippen molar-refractivity contribution >= 4 is 41.4 Å². The third-order valence-electron chi connectivity index (χ3n) is 4.93. The van der Waals surface area contributed by atoms with E-state index in [2.05, 4.69) is 90.1 Å². The monoisotopic (exact) mass is 460 g/mol. The van der Waals surface area contributed by atoms with Crippen LogP contribution in [0, 0.1) is 41.5 Å². The number of benzene rings is 3. The molecule has 0 saturated carbocycles. The Morgan fingerprint density at radius 2 is 0.828 bits per heavy atom. The zero-order chi connectivity index (χ0) is 21.6. The summed E-state index contributed by atoms with van der Waals surface area (Å²) in [7, 11) is 9.78. The molecule has 3 aromatic carbocycles. The number of aryl methyl sites for hydroxylation is 6. The summed E-state index contributed by atoms with van der Waals surface area (Å²) in [6.45, 7) is 12.7. The van der Waals surface area contributed by atoms with Gasteiger partial charge in [0.05, 0.1) is 0 Å². The minimum atomic E-state index is -0.556. The van der Waals surface area contributed by atoms with Gasteiger partial charge in [0.1, 0.15) is 0 Å². The van der Waals surface area contributed by atoms with Crippen LogP contribution in [0.2, 0.25) is 0 Å². The number of rotatable bonds is 4. The molecule has 3 aromatic rings. The van der Waals surface area contributed by atoms with E-state index in [1.807, 2.05) is 0 Å². The first-order valence-corrected chi connectivity index (χ1v) is 13.7. The topological polar surface area (TPSA) is 28.2 Å². The molecule has 0 aromatic heterocycles. The minimum absolute atomic E-state index is 0.556. The molecule has 0 spiro atoms. The molecule has 5 heteroatoms. The van der Waals surface area contributed by atoms with Crippen molar-refractivity contribution in [3.05, 3.63) is 92.5 Å². The fourth-order valence-corrected chi connectivity index (χ4v) is 3.17. The summed E-state index contributed by atoms with van der Waals surface area (Å²) in [5, 5.41) is 10.0. The Labute approximate surface area is 191 Å². The second kappa shape index (κ2) is 11.1. The molecule has 0 radical (unpaired) electrons.